The Hall–Kier alpha value is -1.92. The topological polar surface area (TPSA) is 54.5 Å². The molecule has 3 saturated heterocycles. The summed E-state index contributed by atoms with van der Waals surface area (Å²) < 4.78 is 5.69. The van der Waals surface area contributed by atoms with E-state index in [9.17, 15) is 4.79 Å². The number of benzene rings is 1. The molecule has 5 rings (SSSR count). The number of hydrogen-bond donors (Lipinski definition) is 1. The van der Waals surface area contributed by atoms with E-state index in [4.69, 9.17) is 4.74 Å². The molecule has 1 amide bonds. The summed E-state index contributed by atoms with van der Waals surface area (Å²) in [5, 5.41) is 5.78. The van der Waals surface area contributed by atoms with Crippen molar-refractivity contribution in [1.29, 1.82) is 0 Å². The maximum Gasteiger partial charge on any atom is 0.278 e. The summed E-state index contributed by atoms with van der Waals surface area (Å²) in [4.78, 5) is 19.2. The first-order valence-corrected chi connectivity index (χ1v) is 9.28. The van der Waals surface area contributed by atoms with Gasteiger partial charge in [0.05, 0.1) is 5.69 Å². The lowest BCUT2D eigenvalue weighted by Crippen LogP contribution is -2.57. The van der Waals surface area contributed by atoms with E-state index in [0.29, 0.717) is 22.4 Å². The molecule has 1 atom stereocenters. The van der Waals surface area contributed by atoms with E-state index in [1.54, 1.807) is 0 Å². The normalized spacial score (nSPS) is 25.5. The van der Waals surface area contributed by atoms with Crippen LogP contribution in [0, 0.1) is 12.8 Å². The minimum absolute atomic E-state index is 0.00499. The minimum atomic E-state index is 0.00499. The second-order valence-electron chi connectivity index (χ2n) is 6.60. The fraction of sp³-hybridized carbons (Fsp3) is 0.444. The number of aromatic nitrogens is 1. The lowest BCUT2D eigenvalue weighted by Gasteiger charge is -2.44. The zero-order valence-corrected chi connectivity index (χ0v) is 14.5. The highest BCUT2D eigenvalue weighted by Crippen LogP contribution is 2.28. The van der Waals surface area contributed by atoms with E-state index >= 15 is 0 Å². The standard InChI is InChI=1S/C18H21N3O2S/c1-12-11-24-18(19-12)23-15-4-2-14(3-5-15)17(22)20-16-10-21-8-6-13(16)7-9-21/h2-5,11,13,16H,6-10H2,1H3,(H,20,22)/t16-/m0/s1. The maximum atomic E-state index is 12.5. The summed E-state index contributed by atoms with van der Waals surface area (Å²) in [7, 11) is 0. The molecule has 24 heavy (non-hydrogen) atoms. The average molecular weight is 343 g/mol. The largest absolute Gasteiger partial charge is 0.431 e. The zero-order chi connectivity index (χ0) is 16.5. The number of nitrogens with one attached hydrogen (secondary N) is 1. The third-order valence-electron chi connectivity index (χ3n) is 4.89. The molecule has 3 aliphatic heterocycles. The number of thiazole rings is 1. The fourth-order valence-corrected chi connectivity index (χ4v) is 4.20. The number of carbonyl (C=O) groups excluding carboxylic acids is 1. The van der Waals surface area contributed by atoms with Gasteiger partial charge in [0.15, 0.2) is 0 Å². The van der Waals surface area contributed by atoms with Crippen LogP contribution in [0.15, 0.2) is 29.6 Å². The van der Waals surface area contributed by atoms with Gasteiger partial charge in [-0.05, 0) is 63.0 Å². The first-order valence-electron chi connectivity index (χ1n) is 8.40. The van der Waals surface area contributed by atoms with Gasteiger partial charge >= 0.3 is 0 Å². The quantitative estimate of drug-likeness (QED) is 0.927. The summed E-state index contributed by atoms with van der Waals surface area (Å²) >= 11 is 1.47. The summed E-state index contributed by atoms with van der Waals surface area (Å²) in [5.74, 6) is 1.34. The van der Waals surface area contributed by atoms with Crippen molar-refractivity contribution >= 4 is 17.2 Å². The molecule has 0 saturated carbocycles. The molecule has 0 spiro atoms. The van der Waals surface area contributed by atoms with E-state index in [-0.39, 0.29) is 11.9 Å². The molecule has 1 N–H and O–H groups in total. The van der Waals surface area contributed by atoms with Crippen molar-refractivity contribution in [3.63, 3.8) is 0 Å². The van der Waals surface area contributed by atoms with E-state index < -0.39 is 0 Å². The molecular weight excluding hydrogens is 322 g/mol. The number of ether oxygens (including phenoxy) is 1. The van der Waals surface area contributed by atoms with Crippen molar-refractivity contribution in [1.82, 2.24) is 15.2 Å². The third-order valence-corrected chi connectivity index (χ3v) is 5.73. The van der Waals surface area contributed by atoms with Crippen LogP contribution in [0.1, 0.15) is 28.9 Å². The van der Waals surface area contributed by atoms with Crippen molar-refractivity contribution in [3.05, 3.63) is 40.9 Å². The Morgan fingerprint density at radius 2 is 2.04 bits per heavy atom. The molecule has 6 heteroatoms. The van der Waals surface area contributed by atoms with E-state index in [1.807, 2.05) is 36.6 Å². The van der Waals surface area contributed by atoms with E-state index in [0.717, 1.165) is 12.2 Å². The number of fused-ring (bicyclic) bond motifs is 3. The van der Waals surface area contributed by atoms with Gasteiger partial charge in [-0.15, -0.1) is 0 Å². The van der Waals surface area contributed by atoms with Gasteiger partial charge in [-0.1, -0.05) is 11.3 Å². The van der Waals surface area contributed by atoms with Crippen molar-refractivity contribution < 1.29 is 9.53 Å². The number of hydrogen-bond acceptors (Lipinski definition) is 5. The second-order valence-corrected chi connectivity index (χ2v) is 7.42. The number of amides is 1. The van der Waals surface area contributed by atoms with Crippen LogP contribution in [0.2, 0.25) is 0 Å². The van der Waals surface area contributed by atoms with Crippen molar-refractivity contribution in [2.24, 2.45) is 5.92 Å². The van der Waals surface area contributed by atoms with E-state index in [1.165, 1.54) is 37.3 Å². The second kappa shape index (κ2) is 6.53. The van der Waals surface area contributed by atoms with Crippen LogP contribution in [0.4, 0.5) is 0 Å². The Balaban J connectivity index is 1.38. The summed E-state index contributed by atoms with van der Waals surface area (Å²) in [6.07, 6.45) is 2.40. The van der Waals surface area contributed by atoms with Gasteiger partial charge in [-0.3, -0.25) is 4.79 Å². The molecule has 3 aliphatic rings. The van der Waals surface area contributed by atoms with Crippen LogP contribution in [0.25, 0.3) is 0 Å². The van der Waals surface area contributed by atoms with Crippen LogP contribution in [0.5, 0.6) is 10.9 Å². The highest BCUT2D eigenvalue weighted by Gasteiger charge is 2.34. The maximum absolute atomic E-state index is 12.5. The van der Waals surface area contributed by atoms with Crippen LogP contribution in [-0.4, -0.2) is 41.5 Å². The molecule has 2 aromatic rings. The highest BCUT2D eigenvalue weighted by molar-refractivity contribution is 7.11. The average Bonchev–Trinajstić information content (AvgIpc) is 3.01. The number of aryl methyl sites for hydroxylation is 1. The van der Waals surface area contributed by atoms with Crippen LogP contribution >= 0.6 is 11.3 Å². The first-order chi connectivity index (χ1) is 11.7. The summed E-state index contributed by atoms with van der Waals surface area (Å²) in [5.41, 5.74) is 1.62. The highest BCUT2D eigenvalue weighted by atomic mass is 32.1. The molecule has 1 aromatic heterocycles. The lowest BCUT2D eigenvalue weighted by molar-refractivity contribution is 0.0620. The smallest absolute Gasteiger partial charge is 0.278 e. The van der Waals surface area contributed by atoms with Crippen LogP contribution < -0.4 is 10.1 Å². The Kier molecular flexibility index (Phi) is 4.24. The number of rotatable bonds is 4. The van der Waals surface area contributed by atoms with E-state index in [2.05, 4.69) is 15.2 Å². The van der Waals surface area contributed by atoms with Gasteiger partial charge < -0.3 is 15.0 Å². The Bertz CT molecular complexity index is 720. The first kappa shape index (κ1) is 15.6. The van der Waals surface area contributed by atoms with Gasteiger partial charge in [-0.2, -0.15) is 0 Å². The number of carbonyl (C=O) groups is 1. The monoisotopic (exact) mass is 343 g/mol. The minimum Gasteiger partial charge on any atom is -0.431 e. The van der Waals surface area contributed by atoms with Gasteiger partial charge in [0.2, 0.25) is 0 Å². The number of nitrogens with zero attached hydrogens (tertiary/aromatic N) is 2. The van der Waals surface area contributed by atoms with Crippen LogP contribution in [0.3, 0.4) is 0 Å². The fourth-order valence-electron chi connectivity index (χ4n) is 3.53. The molecule has 2 bridgehead atoms. The molecule has 4 heterocycles. The van der Waals surface area contributed by atoms with Gasteiger partial charge in [0.25, 0.3) is 11.1 Å². The van der Waals surface area contributed by atoms with Crippen molar-refractivity contribution in [3.8, 4) is 10.9 Å². The Labute approximate surface area is 145 Å². The number of piperidine rings is 3. The molecule has 0 radical (unpaired) electrons. The predicted octanol–water partition coefficient (Wildman–Crippen LogP) is 3.07. The molecule has 1 aromatic carbocycles. The third kappa shape index (κ3) is 3.30. The predicted molar refractivity (Wildman–Crippen MR) is 93.8 cm³/mol. The zero-order valence-electron chi connectivity index (χ0n) is 13.7. The molecular formula is C18H21N3O2S. The molecule has 0 unspecified atom stereocenters. The molecule has 0 aliphatic carbocycles. The molecule has 5 nitrogen and oxygen atoms in total. The van der Waals surface area contributed by atoms with Gasteiger partial charge in [0.1, 0.15) is 5.75 Å². The molecule has 126 valence electrons. The lowest BCUT2D eigenvalue weighted by atomic mass is 9.84. The Morgan fingerprint density at radius 3 is 2.62 bits per heavy atom. The van der Waals surface area contributed by atoms with Crippen molar-refractivity contribution in [2.75, 3.05) is 19.6 Å². The summed E-state index contributed by atoms with van der Waals surface area (Å²) in [6, 6.07) is 7.55. The Morgan fingerprint density at radius 1 is 1.29 bits per heavy atom. The SMILES string of the molecule is Cc1csc(Oc2ccc(C(=O)N[C@H]3CN4CCC3CC4)cc2)n1. The van der Waals surface area contributed by atoms with Crippen LogP contribution in [-0.2, 0) is 0 Å². The molecule has 3 fully saturated rings. The summed E-state index contributed by atoms with van der Waals surface area (Å²) in [6.45, 7) is 5.28. The van der Waals surface area contributed by atoms with Gasteiger partial charge in [-0.25, -0.2) is 4.98 Å². The van der Waals surface area contributed by atoms with Crippen molar-refractivity contribution in [2.45, 2.75) is 25.8 Å². The van der Waals surface area contributed by atoms with Gasteiger partial charge in [0, 0.05) is 23.5 Å².